The van der Waals surface area contributed by atoms with Crippen LogP contribution < -0.4 is 0 Å². The Morgan fingerprint density at radius 1 is 0.278 bits per heavy atom. The third kappa shape index (κ3) is 27.0. The van der Waals surface area contributed by atoms with Crippen molar-refractivity contribution in [2.45, 2.75) is 324 Å². The Hall–Kier alpha value is -1.46. The largest absolute Gasteiger partial charge is 0.141 e. The summed E-state index contributed by atoms with van der Waals surface area (Å²) in [6, 6.07) is 10.4. The molecule has 0 aromatic carbocycles. The molecule has 4 aromatic heterocycles. The lowest BCUT2D eigenvalue weighted by Crippen LogP contribution is -1.88. The number of rotatable bonds is 48. The van der Waals surface area contributed by atoms with Crippen molar-refractivity contribution in [3.8, 4) is 19.5 Å². The molecule has 4 rings (SSSR count). The maximum atomic E-state index is 2.66. The van der Waals surface area contributed by atoms with Crippen molar-refractivity contribution in [2.24, 2.45) is 0 Å². The van der Waals surface area contributed by atoms with Gasteiger partial charge < -0.3 is 0 Å². The van der Waals surface area contributed by atoms with Crippen molar-refractivity contribution >= 4 is 57.5 Å². The molecule has 0 N–H and O–H groups in total. The van der Waals surface area contributed by atoms with Crippen molar-refractivity contribution < 1.29 is 0 Å². The van der Waals surface area contributed by atoms with E-state index >= 15 is 0 Å². The molecule has 0 radical (unpaired) electrons. The lowest BCUT2D eigenvalue weighted by atomic mass is 10.0. The second-order valence-corrected chi connectivity index (χ2v) is 27.1. The van der Waals surface area contributed by atoms with Crippen molar-refractivity contribution in [3.05, 3.63) is 66.0 Å². The van der Waals surface area contributed by atoms with Crippen LogP contribution in [-0.4, -0.2) is 0 Å². The zero-order chi connectivity index (χ0) is 51.1. The highest BCUT2D eigenvalue weighted by atomic mass is 32.1. The Morgan fingerprint density at radius 2 is 0.569 bits per heavy atom. The van der Waals surface area contributed by atoms with E-state index < -0.39 is 0 Å². The number of thiophene rings is 4. The molecule has 408 valence electrons. The van der Waals surface area contributed by atoms with Crippen LogP contribution in [0.2, 0.25) is 0 Å². The van der Waals surface area contributed by atoms with Crippen LogP contribution in [0.3, 0.4) is 0 Å². The lowest BCUT2D eigenvalue weighted by molar-refractivity contribution is 0.556. The quantitative estimate of drug-likeness (QED) is 0.0387. The first-order chi connectivity index (χ1) is 35.5. The molecular weight excluding hydrogens is 945 g/mol. The van der Waals surface area contributed by atoms with Crippen LogP contribution in [0.5, 0.6) is 0 Å². The van der Waals surface area contributed by atoms with Gasteiger partial charge in [-0.2, -0.15) is 0 Å². The molecule has 0 bridgehead atoms. The van der Waals surface area contributed by atoms with Crippen molar-refractivity contribution in [1.82, 2.24) is 0 Å². The summed E-state index contributed by atoms with van der Waals surface area (Å²) in [5, 5.41) is 0. The zero-order valence-electron chi connectivity index (χ0n) is 48.2. The Bertz CT molecular complexity index is 1910. The number of unbranched alkanes of at least 4 members (excludes halogenated alkanes) is 36. The lowest BCUT2D eigenvalue weighted by Gasteiger charge is -2.04. The molecule has 0 amide bonds. The van der Waals surface area contributed by atoms with Crippen LogP contribution in [0, 0.1) is 13.8 Å². The van der Waals surface area contributed by atoms with Crippen LogP contribution >= 0.6 is 45.3 Å². The molecule has 4 heterocycles. The molecule has 4 heteroatoms. The SMILES string of the molecule is CCCCCCCCCCCCc1cc(-c2cc(CCCCCCCCCCCC)c(-c3cc(CCCCCCCCCCCC)c(/C=C/c4sc(C)cc4CCCCCCCCCCCC)s3)s2)sc1C. The van der Waals surface area contributed by atoms with E-state index in [4.69, 9.17) is 0 Å². The molecule has 0 unspecified atom stereocenters. The summed E-state index contributed by atoms with van der Waals surface area (Å²) in [7, 11) is 0. The fourth-order valence-electron chi connectivity index (χ4n) is 11.0. The minimum Gasteiger partial charge on any atom is -0.141 e. The first-order valence-corrected chi connectivity index (χ1v) is 34.9. The summed E-state index contributed by atoms with van der Waals surface area (Å²) in [5.41, 5.74) is 6.41. The van der Waals surface area contributed by atoms with Crippen molar-refractivity contribution in [2.75, 3.05) is 0 Å². The second kappa shape index (κ2) is 41.7. The minimum absolute atomic E-state index is 1.21. The van der Waals surface area contributed by atoms with Crippen LogP contribution in [-0.2, 0) is 25.7 Å². The predicted molar refractivity (Wildman–Crippen MR) is 336 cm³/mol. The first kappa shape index (κ1) is 63.1. The van der Waals surface area contributed by atoms with E-state index in [1.807, 2.05) is 11.3 Å². The number of hydrogen-bond donors (Lipinski definition) is 0. The van der Waals surface area contributed by atoms with Gasteiger partial charge in [-0.3, -0.25) is 0 Å². The van der Waals surface area contributed by atoms with Gasteiger partial charge in [-0.1, -0.05) is 259 Å². The van der Waals surface area contributed by atoms with Gasteiger partial charge in [0, 0.05) is 39.0 Å². The third-order valence-corrected chi connectivity index (χ3v) is 20.5. The van der Waals surface area contributed by atoms with Crippen molar-refractivity contribution in [1.29, 1.82) is 0 Å². The van der Waals surface area contributed by atoms with Gasteiger partial charge >= 0.3 is 0 Å². The normalized spacial score (nSPS) is 11.9. The van der Waals surface area contributed by atoms with Gasteiger partial charge in [0.05, 0.1) is 0 Å². The molecule has 0 aliphatic rings. The standard InChI is InChI=1S/C68H112S4/c1-7-11-15-19-23-27-31-35-39-43-47-59-54-65(70-58(59)6)66-56-62(50-46-42-38-34-30-26-22-18-14-10-4)68(72-66)67-55-61(49-45-41-37-33-29-25-21-17-13-9-3)64(71-67)52-51-63-60(53-57(5)69-63)48-44-40-36-32-28-24-20-16-12-8-2/h51-56H,7-50H2,1-6H3/b52-51+. The third-order valence-electron chi connectivity index (χ3n) is 15.7. The Kier molecular flexibility index (Phi) is 36.5. The van der Waals surface area contributed by atoms with E-state index in [-0.39, 0.29) is 0 Å². The molecule has 0 nitrogen and oxygen atoms in total. The van der Waals surface area contributed by atoms with Crippen LogP contribution in [0.1, 0.15) is 326 Å². The highest BCUT2D eigenvalue weighted by Crippen LogP contribution is 2.46. The first-order valence-electron chi connectivity index (χ1n) is 31.6. The topological polar surface area (TPSA) is 0 Å². The monoisotopic (exact) mass is 1060 g/mol. The Morgan fingerprint density at radius 3 is 0.972 bits per heavy atom. The van der Waals surface area contributed by atoms with Crippen LogP contribution in [0.15, 0.2) is 24.3 Å². The smallest absolute Gasteiger partial charge is 0.0481 e. The average Bonchev–Trinajstić information content (AvgIpc) is 4.18. The summed E-state index contributed by atoms with van der Waals surface area (Å²) < 4.78 is 0. The molecular formula is C68H112S4. The summed E-state index contributed by atoms with van der Waals surface area (Å²) in [6.45, 7) is 14.0. The molecule has 0 aliphatic heterocycles. The maximum absolute atomic E-state index is 2.66. The average molecular weight is 1060 g/mol. The van der Waals surface area contributed by atoms with Gasteiger partial charge in [0.25, 0.3) is 0 Å². The fourth-order valence-corrected chi connectivity index (χ4v) is 15.6. The molecule has 4 aromatic rings. The predicted octanol–water partition coefficient (Wildman–Crippen LogP) is 25.9. The van der Waals surface area contributed by atoms with Crippen molar-refractivity contribution in [3.63, 3.8) is 0 Å². The minimum atomic E-state index is 1.21. The fraction of sp³-hybridized carbons (Fsp3) is 0.735. The second-order valence-electron chi connectivity index (χ2n) is 22.5. The van der Waals surface area contributed by atoms with Gasteiger partial charge in [0.15, 0.2) is 0 Å². The van der Waals surface area contributed by atoms with E-state index in [0.29, 0.717) is 0 Å². The van der Waals surface area contributed by atoms with Gasteiger partial charge in [-0.25, -0.2) is 0 Å². The van der Waals surface area contributed by atoms with E-state index in [1.165, 1.54) is 312 Å². The number of hydrogen-bond acceptors (Lipinski definition) is 4. The van der Waals surface area contributed by atoms with Gasteiger partial charge in [0.2, 0.25) is 0 Å². The highest BCUT2D eigenvalue weighted by Gasteiger charge is 2.19. The zero-order valence-corrected chi connectivity index (χ0v) is 51.5. The molecule has 0 atom stereocenters. The van der Waals surface area contributed by atoms with E-state index in [0.717, 1.165) is 0 Å². The highest BCUT2D eigenvalue weighted by molar-refractivity contribution is 7.27. The van der Waals surface area contributed by atoms with E-state index in [2.05, 4.69) is 112 Å². The Balaban J connectivity index is 1.49. The van der Waals surface area contributed by atoms with Gasteiger partial charge in [-0.05, 0) is 124 Å². The van der Waals surface area contributed by atoms with Crippen LogP contribution in [0.4, 0.5) is 0 Å². The van der Waals surface area contributed by atoms with E-state index in [9.17, 15) is 0 Å². The molecule has 0 saturated carbocycles. The van der Waals surface area contributed by atoms with Gasteiger partial charge in [0.1, 0.15) is 0 Å². The summed E-state index contributed by atoms with van der Waals surface area (Å²) in [4.78, 5) is 12.2. The summed E-state index contributed by atoms with van der Waals surface area (Å²) in [5.74, 6) is 0. The molecule has 0 aliphatic carbocycles. The molecule has 72 heavy (non-hydrogen) atoms. The molecule has 0 saturated heterocycles. The van der Waals surface area contributed by atoms with Crippen LogP contribution in [0.25, 0.3) is 31.7 Å². The number of aryl methyl sites for hydroxylation is 6. The summed E-state index contributed by atoms with van der Waals surface area (Å²) >= 11 is 8.31. The van der Waals surface area contributed by atoms with Gasteiger partial charge in [-0.15, -0.1) is 45.3 Å². The maximum Gasteiger partial charge on any atom is 0.0481 e. The molecule has 0 fully saturated rings. The Labute approximate surface area is 463 Å². The van der Waals surface area contributed by atoms with E-state index in [1.54, 1.807) is 32.0 Å². The molecule has 0 spiro atoms. The summed E-state index contributed by atoms with van der Waals surface area (Å²) in [6.07, 6.45) is 66.0.